The van der Waals surface area contributed by atoms with E-state index in [1.165, 1.54) is 14.2 Å². The van der Waals surface area contributed by atoms with Crippen LogP contribution in [0.25, 0.3) is 0 Å². The van der Waals surface area contributed by atoms with E-state index >= 15 is 0 Å². The van der Waals surface area contributed by atoms with Crippen LogP contribution in [-0.4, -0.2) is 28.6 Å². The molecule has 0 aromatic heterocycles. The maximum atomic E-state index is 13.4. The summed E-state index contributed by atoms with van der Waals surface area (Å²) in [7, 11) is -0.940. The SMILES string of the molecule is COC(=O)C[C@H](C)[C@H](c1cc(OC)ccc1Br)S(=O)(=O)c1ccccc1. The summed E-state index contributed by atoms with van der Waals surface area (Å²) in [6.07, 6.45) is -0.0170. The van der Waals surface area contributed by atoms with Gasteiger partial charge in [-0.3, -0.25) is 4.79 Å². The molecule has 0 fully saturated rings. The maximum Gasteiger partial charge on any atom is 0.305 e. The van der Waals surface area contributed by atoms with Crippen LogP contribution in [0.15, 0.2) is 57.9 Å². The van der Waals surface area contributed by atoms with Gasteiger partial charge >= 0.3 is 5.97 Å². The van der Waals surface area contributed by atoms with Crippen LogP contribution in [-0.2, 0) is 19.4 Å². The summed E-state index contributed by atoms with van der Waals surface area (Å²) in [5.74, 6) is -0.414. The molecule has 0 heterocycles. The first-order valence-electron chi connectivity index (χ1n) is 8.00. The molecule has 0 spiro atoms. The number of ether oxygens (including phenoxy) is 2. The largest absolute Gasteiger partial charge is 0.497 e. The number of hydrogen-bond donors (Lipinski definition) is 0. The molecule has 0 aliphatic carbocycles. The molecule has 26 heavy (non-hydrogen) atoms. The third kappa shape index (κ3) is 4.45. The highest BCUT2D eigenvalue weighted by Crippen LogP contribution is 2.41. The highest BCUT2D eigenvalue weighted by molar-refractivity contribution is 9.10. The van der Waals surface area contributed by atoms with E-state index in [2.05, 4.69) is 15.9 Å². The molecule has 2 aromatic carbocycles. The fourth-order valence-corrected chi connectivity index (χ4v) is 5.57. The van der Waals surface area contributed by atoms with Crippen molar-refractivity contribution < 1.29 is 22.7 Å². The second kappa shape index (κ2) is 8.68. The van der Waals surface area contributed by atoms with E-state index in [4.69, 9.17) is 9.47 Å². The van der Waals surface area contributed by atoms with E-state index in [0.717, 1.165) is 0 Å². The molecule has 2 atom stereocenters. The summed E-state index contributed by atoms with van der Waals surface area (Å²) in [5, 5.41) is -0.937. The summed E-state index contributed by atoms with van der Waals surface area (Å²) < 4.78 is 37.4. The second-order valence-electron chi connectivity index (χ2n) is 5.92. The van der Waals surface area contributed by atoms with Crippen LogP contribution < -0.4 is 4.74 Å². The number of esters is 1. The highest BCUT2D eigenvalue weighted by atomic mass is 79.9. The van der Waals surface area contributed by atoms with E-state index in [1.54, 1.807) is 55.5 Å². The van der Waals surface area contributed by atoms with Crippen molar-refractivity contribution in [1.29, 1.82) is 0 Å². The molecule has 0 aliphatic rings. The lowest BCUT2D eigenvalue weighted by molar-refractivity contribution is -0.141. The number of carbonyl (C=O) groups is 1. The Morgan fingerprint density at radius 1 is 1.12 bits per heavy atom. The Morgan fingerprint density at radius 3 is 2.35 bits per heavy atom. The van der Waals surface area contributed by atoms with Crippen LogP contribution in [0.3, 0.4) is 0 Å². The molecule has 0 bridgehead atoms. The summed E-state index contributed by atoms with van der Waals surface area (Å²) in [6, 6.07) is 13.4. The fraction of sp³-hybridized carbons (Fsp3) is 0.316. The van der Waals surface area contributed by atoms with Crippen molar-refractivity contribution in [1.82, 2.24) is 0 Å². The Balaban J connectivity index is 2.62. The molecule has 7 heteroatoms. The number of rotatable bonds is 7. The standard InChI is InChI=1S/C19H21BrO5S/c1-13(11-18(21)25-3)19(16-12-14(24-2)9-10-17(16)20)26(22,23)15-7-5-4-6-8-15/h4-10,12-13,19H,11H2,1-3H3/t13-,19+/m0/s1. The molecule has 0 N–H and O–H groups in total. The van der Waals surface area contributed by atoms with Crippen molar-refractivity contribution in [3.05, 3.63) is 58.6 Å². The highest BCUT2D eigenvalue weighted by Gasteiger charge is 2.36. The van der Waals surface area contributed by atoms with Gasteiger partial charge in [-0.25, -0.2) is 8.42 Å². The maximum absolute atomic E-state index is 13.4. The molecule has 0 amide bonds. The summed E-state index contributed by atoms with van der Waals surface area (Å²) >= 11 is 3.44. The molecule has 0 saturated carbocycles. The topological polar surface area (TPSA) is 69.7 Å². The molecule has 5 nitrogen and oxygen atoms in total. The predicted octanol–water partition coefficient (Wildman–Crippen LogP) is 4.17. The number of carbonyl (C=O) groups excluding carboxylic acids is 1. The Labute approximate surface area is 162 Å². The summed E-state index contributed by atoms with van der Waals surface area (Å²) in [6.45, 7) is 1.73. The van der Waals surface area contributed by atoms with E-state index in [-0.39, 0.29) is 11.3 Å². The van der Waals surface area contributed by atoms with Crippen molar-refractivity contribution in [2.24, 2.45) is 5.92 Å². The van der Waals surface area contributed by atoms with Gasteiger partial charge in [0.15, 0.2) is 9.84 Å². The van der Waals surface area contributed by atoms with Gasteiger partial charge in [0.1, 0.15) is 5.75 Å². The van der Waals surface area contributed by atoms with E-state index in [0.29, 0.717) is 15.8 Å². The van der Waals surface area contributed by atoms with Crippen molar-refractivity contribution in [3.8, 4) is 5.75 Å². The van der Waals surface area contributed by atoms with Gasteiger partial charge in [-0.1, -0.05) is 41.1 Å². The van der Waals surface area contributed by atoms with Gasteiger partial charge < -0.3 is 9.47 Å². The van der Waals surface area contributed by atoms with E-state index in [9.17, 15) is 13.2 Å². The average molecular weight is 441 g/mol. The van der Waals surface area contributed by atoms with Crippen LogP contribution in [0, 0.1) is 5.92 Å². The first-order chi connectivity index (χ1) is 12.3. The van der Waals surface area contributed by atoms with E-state index in [1.807, 2.05) is 0 Å². The summed E-state index contributed by atoms with van der Waals surface area (Å²) in [4.78, 5) is 12.0. The van der Waals surface area contributed by atoms with Crippen LogP contribution in [0.4, 0.5) is 0 Å². The number of sulfone groups is 1. The number of hydrogen-bond acceptors (Lipinski definition) is 5. The molecular formula is C19H21BrO5S. The quantitative estimate of drug-likeness (QED) is 0.604. The number of methoxy groups -OCH3 is 2. The molecule has 0 aliphatic heterocycles. The van der Waals surface area contributed by atoms with Gasteiger partial charge in [-0.2, -0.15) is 0 Å². The molecule has 2 aromatic rings. The lowest BCUT2D eigenvalue weighted by Crippen LogP contribution is -2.23. The minimum Gasteiger partial charge on any atom is -0.497 e. The van der Waals surface area contributed by atoms with Crippen molar-refractivity contribution in [2.45, 2.75) is 23.5 Å². The Bertz CT molecular complexity index is 865. The minimum atomic E-state index is -3.75. The molecule has 0 saturated heterocycles. The Kier molecular flexibility index (Phi) is 6.83. The minimum absolute atomic E-state index is 0.0170. The zero-order chi connectivity index (χ0) is 19.3. The van der Waals surface area contributed by atoms with Gasteiger partial charge in [-0.05, 0) is 41.8 Å². The normalized spacial score (nSPS) is 13.7. The Hall–Kier alpha value is -1.86. The summed E-state index contributed by atoms with van der Waals surface area (Å²) in [5.41, 5.74) is 0.546. The molecule has 0 radical (unpaired) electrons. The zero-order valence-electron chi connectivity index (χ0n) is 14.8. The monoisotopic (exact) mass is 440 g/mol. The van der Waals surface area contributed by atoms with Gasteiger partial charge in [0.05, 0.1) is 24.4 Å². The van der Waals surface area contributed by atoms with Crippen molar-refractivity contribution >= 4 is 31.7 Å². The first kappa shape index (κ1) is 20.5. The Morgan fingerprint density at radius 2 is 1.77 bits per heavy atom. The van der Waals surface area contributed by atoms with Gasteiger partial charge in [0, 0.05) is 10.9 Å². The number of halogens is 1. The smallest absolute Gasteiger partial charge is 0.305 e. The average Bonchev–Trinajstić information content (AvgIpc) is 2.63. The third-order valence-electron chi connectivity index (χ3n) is 4.15. The molecule has 140 valence electrons. The number of benzene rings is 2. The van der Waals surface area contributed by atoms with Crippen LogP contribution in [0.5, 0.6) is 5.75 Å². The van der Waals surface area contributed by atoms with Crippen LogP contribution in [0.1, 0.15) is 24.2 Å². The molecule has 0 unspecified atom stereocenters. The van der Waals surface area contributed by atoms with E-state index < -0.39 is 27.0 Å². The van der Waals surface area contributed by atoms with Gasteiger partial charge in [0.2, 0.25) is 0 Å². The first-order valence-corrected chi connectivity index (χ1v) is 10.3. The van der Waals surface area contributed by atoms with Gasteiger partial charge in [0.25, 0.3) is 0 Å². The molecular weight excluding hydrogens is 420 g/mol. The zero-order valence-corrected chi connectivity index (χ0v) is 17.2. The third-order valence-corrected chi connectivity index (χ3v) is 7.19. The lowest BCUT2D eigenvalue weighted by Gasteiger charge is -2.25. The van der Waals surface area contributed by atoms with Crippen molar-refractivity contribution in [2.75, 3.05) is 14.2 Å². The van der Waals surface area contributed by atoms with Crippen LogP contribution in [0.2, 0.25) is 0 Å². The lowest BCUT2D eigenvalue weighted by atomic mass is 9.97. The van der Waals surface area contributed by atoms with Gasteiger partial charge in [-0.15, -0.1) is 0 Å². The molecule has 2 rings (SSSR count). The van der Waals surface area contributed by atoms with Crippen molar-refractivity contribution in [3.63, 3.8) is 0 Å². The van der Waals surface area contributed by atoms with Crippen LogP contribution >= 0.6 is 15.9 Å². The second-order valence-corrected chi connectivity index (χ2v) is 8.85. The predicted molar refractivity (Wildman–Crippen MR) is 103 cm³/mol. The fourth-order valence-electron chi connectivity index (χ4n) is 2.86.